The summed E-state index contributed by atoms with van der Waals surface area (Å²) in [5.41, 5.74) is 2.91. The molecule has 1 N–H and O–H groups in total. The molecule has 1 aliphatic rings. The number of hydrogen-bond donors (Lipinski definition) is 1. The molecular formula is C19H30O. The first kappa shape index (κ1) is 15.4. The predicted molar refractivity (Wildman–Crippen MR) is 86.3 cm³/mol. The summed E-state index contributed by atoms with van der Waals surface area (Å²) in [5.74, 6) is 1.86. The molecule has 1 aliphatic carbocycles. The Labute approximate surface area is 124 Å². The lowest BCUT2D eigenvalue weighted by atomic mass is 9.66. The van der Waals surface area contributed by atoms with Crippen LogP contribution in [-0.4, -0.2) is 5.11 Å². The van der Waals surface area contributed by atoms with E-state index in [1.807, 2.05) is 6.07 Å². The van der Waals surface area contributed by atoms with Gasteiger partial charge in [0.15, 0.2) is 0 Å². The van der Waals surface area contributed by atoms with Crippen LogP contribution in [0.25, 0.3) is 0 Å². The van der Waals surface area contributed by atoms with Gasteiger partial charge in [-0.3, -0.25) is 0 Å². The van der Waals surface area contributed by atoms with Gasteiger partial charge in [-0.2, -0.15) is 0 Å². The van der Waals surface area contributed by atoms with Crippen LogP contribution < -0.4 is 0 Å². The van der Waals surface area contributed by atoms with Crippen molar-refractivity contribution < 1.29 is 5.11 Å². The summed E-state index contributed by atoms with van der Waals surface area (Å²) >= 11 is 0. The average molecular weight is 274 g/mol. The van der Waals surface area contributed by atoms with Gasteiger partial charge in [0.05, 0.1) is 0 Å². The third-order valence-electron chi connectivity index (χ3n) is 4.69. The van der Waals surface area contributed by atoms with E-state index in [4.69, 9.17) is 0 Å². The quantitative estimate of drug-likeness (QED) is 0.704. The Kier molecular flexibility index (Phi) is 3.92. The van der Waals surface area contributed by atoms with Crippen LogP contribution in [0.2, 0.25) is 0 Å². The van der Waals surface area contributed by atoms with Crippen molar-refractivity contribution in [2.45, 2.75) is 72.1 Å². The summed E-state index contributed by atoms with van der Waals surface area (Å²) in [4.78, 5) is 0. The maximum Gasteiger partial charge on any atom is 0.119 e. The maximum absolute atomic E-state index is 10.1. The highest BCUT2D eigenvalue weighted by Gasteiger charge is 2.33. The van der Waals surface area contributed by atoms with Crippen LogP contribution >= 0.6 is 0 Å². The highest BCUT2D eigenvalue weighted by molar-refractivity contribution is 5.41. The predicted octanol–water partition coefficient (Wildman–Crippen LogP) is 5.62. The third-order valence-corrected chi connectivity index (χ3v) is 4.69. The highest BCUT2D eigenvalue weighted by atomic mass is 16.3. The van der Waals surface area contributed by atoms with Crippen LogP contribution in [0.4, 0.5) is 0 Å². The number of phenolic OH excluding ortho intramolecular Hbond substituents is 1. The van der Waals surface area contributed by atoms with Gasteiger partial charge in [-0.15, -0.1) is 0 Å². The summed E-state index contributed by atoms with van der Waals surface area (Å²) in [6.45, 7) is 13.7. The van der Waals surface area contributed by atoms with Gasteiger partial charge in [0, 0.05) is 0 Å². The fourth-order valence-electron chi connectivity index (χ4n) is 4.01. The minimum atomic E-state index is -0.00407. The van der Waals surface area contributed by atoms with Gasteiger partial charge in [-0.1, -0.05) is 53.7 Å². The van der Waals surface area contributed by atoms with Crippen molar-refractivity contribution in [3.8, 4) is 5.75 Å². The molecule has 20 heavy (non-hydrogen) atoms. The number of benzene rings is 1. The lowest BCUT2D eigenvalue weighted by Gasteiger charge is -2.39. The molecular weight excluding hydrogens is 244 g/mol. The maximum atomic E-state index is 10.1. The molecule has 0 bridgehead atoms. The molecule has 0 radical (unpaired) electrons. The molecule has 0 spiro atoms. The second kappa shape index (κ2) is 5.09. The van der Waals surface area contributed by atoms with E-state index in [1.165, 1.54) is 24.8 Å². The van der Waals surface area contributed by atoms with Crippen molar-refractivity contribution in [3.63, 3.8) is 0 Å². The molecule has 1 heteroatoms. The first-order chi connectivity index (χ1) is 9.08. The lowest BCUT2D eigenvalue weighted by Crippen LogP contribution is -2.26. The van der Waals surface area contributed by atoms with Crippen LogP contribution in [0.3, 0.4) is 0 Å². The molecule has 1 saturated carbocycles. The topological polar surface area (TPSA) is 20.2 Å². The minimum absolute atomic E-state index is 0.00407. The molecule has 2 rings (SSSR count). The molecule has 112 valence electrons. The van der Waals surface area contributed by atoms with Crippen molar-refractivity contribution in [1.29, 1.82) is 0 Å². The Hall–Kier alpha value is -0.980. The van der Waals surface area contributed by atoms with Gasteiger partial charge < -0.3 is 5.11 Å². The minimum Gasteiger partial charge on any atom is -0.508 e. The van der Waals surface area contributed by atoms with Gasteiger partial charge in [0.25, 0.3) is 0 Å². The van der Waals surface area contributed by atoms with Gasteiger partial charge in [0.2, 0.25) is 0 Å². The summed E-state index contributed by atoms with van der Waals surface area (Å²) < 4.78 is 0. The zero-order chi connectivity index (χ0) is 15.1. The van der Waals surface area contributed by atoms with E-state index in [1.54, 1.807) is 0 Å². The van der Waals surface area contributed by atoms with Gasteiger partial charge in [0.1, 0.15) is 5.75 Å². The van der Waals surface area contributed by atoms with Crippen LogP contribution in [0.15, 0.2) is 18.2 Å². The van der Waals surface area contributed by atoms with E-state index in [9.17, 15) is 5.11 Å². The number of phenols is 1. The molecule has 1 aromatic carbocycles. The van der Waals surface area contributed by atoms with Crippen LogP contribution in [0.5, 0.6) is 5.75 Å². The Morgan fingerprint density at radius 2 is 1.80 bits per heavy atom. The molecule has 0 aromatic heterocycles. The van der Waals surface area contributed by atoms with Gasteiger partial charge in [-0.25, -0.2) is 0 Å². The molecule has 2 atom stereocenters. The molecule has 0 aliphatic heterocycles. The van der Waals surface area contributed by atoms with Gasteiger partial charge >= 0.3 is 0 Å². The fourth-order valence-corrected chi connectivity index (χ4v) is 4.01. The Morgan fingerprint density at radius 3 is 2.35 bits per heavy atom. The van der Waals surface area contributed by atoms with E-state index < -0.39 is 0 Å². The summed E-state index contributed by atoms with van der Waals surface area (Å²) in [6, 6.07) is 6.26. The molecule has 1 fully saturated rings. The average Bonchev–Trinajstić information content (AvgIpc) is 2.25. The van der Waals surface area contributed by atoms with Crippen molar-refractivity contribution in [3.05, 3.63) is 29.3 Å². The molecule has 0 amide bonds. The summed E-state index contributed by atoms with van der Waals surface area (Å²) in [7, 11) is 0. The van der Waals surface area contributed by atoms with Crippen LogP contribution in [-0.2, 0) is 5.41 Å². The third kappa shape index (κ3) is 3.37. The van der Waals surface area contributed by atoms with E-state index >= 15 is 0 Å². The normalized spacial score (nSPS) is 26.5. The second-order valence-corrected chi connectivity index (χ2v) is 8.64. The number of aromatic hydroxyl groups is 1. The highest BCUT2D eigenvalue weighted by Crippen LogP contribution is 2.47. The zero-order valence-corrected chi connectivity index (χ0v) is 14.0. The van der Waals surface area contributed by atoms with Gasteiger partial charge in [-0.05, 0) is 59.1 Å². The van der Waals surface area contributed by atoms with Crippen molar-refractivity contribution in [1.82, 2.24) is 0 Å². The monoisotopic (exact) mass is 274 g/mol. The summed E-state index contributed by atoms with van der Waals surface area (Å²) in [5, 5.41) is 10.1. The molecule has 1 aromatic rings. The lowest BCUT2D eigenvalue weighted by molar-refractivity contribution is 0.168. The SMILES string of the molecule is CC1C[C@H](c2ccc(O)c(C(C)(C)C)c2)CC(C)(C)C1. The number of rotatable bonds is 1. The molecule has 1 unspecified atom stereocenters. The Balaban J connectivity index is 2.34. The first-order valence-electron chi connectivity index (χ1n) is 7.92. The van der Waals surface area contributed by atoms with E-state index in [0.29, 0.717) is 17.1 Å². The first-order valence-corrected chi connectivity index (χ1v) is 7.92. The standard InChI is InChI=1S/C19H30O/c1-13-9-15(12-19(5,6)11-13)14-7-8-17(20)16(10-14)18(2,3)4/h7-8,10,13,15,20H,9,11-12H2,1-6H3/t13?,15-/m0/s1. The second-order valence-electron chi connectivity index (χ2n) is 8.64. The fraction of sp³-hybridized carbons (Fsp3) is 0.684. The van der Waals surface area contributed by atoms with Crippen LogP contribution in [0.1, 0.15) is 77.8 Å². The van der Waals surface area contributed by atoms with Crippen molar-refractivity contribution in [2.75, 3.05) is 0 Å². The van der Waals surface area contributed by atoms with E-state index in [0.717, 1.165) is 11.5 Å². The molecule has 0 heterocycles. The van der Waals surface area contributed by atoms with E-state index in [2.05, 4.69) is 53.7 Å². The largest absolute Gasteiger partial charge is 0.508 e. The number of hydrogen-bond acceptors (Lipinski definition) is 1. The van der Waals surface area contributed by atoms with Crippen molar-refractivity contribution >= 4 is 0 Å². The Morgan fingerprint density at radius 1 is 1.15 bits per heavy atom. The van der Waals surface area contributed by atoms with Crippen LogP contribution in [0, 0.1) is 11.3 Å². The smallest absolute Gasteiger partial charge is 0.119 e. The Bertz CT molecular complexity index is 479. The zero-order valence-electron chi connectivity index (χ0n) is 14.0. The van der Waals surface area contributed by atoms with Crippen molar-refractivity contribution in [2.24, 2.45) is 11.3 Å². The molecule has 0 saturated heterocycles. The molecule has 1 nitrogen and oxygen atoms in total. The van der Waals surface area contributed by atoms with E-state index in [-0.39, 0.29) is 5.41 Å². The summed E-state index contributed by atoms with van der Waals surface area (Å²) in [6.07, 6.45) is 3.86.